The Hall–Kier alpha value is -1.63. The number of nitrogens with zero attached hydrogens (tertiary/aromatic N) is 2. The van der Waals surface area contributed by atoms with Crippen LogP contribution in [0.1, 0.15) is 5.56 Å². The Morgan fingerprint density at radius 3 is 2.94 bits per heavy atom. The Morgan fingerprint density at radius 1 is 1.28 bits per heavy atom. The average Bonchev–Trinajstić information content (AvgIpc) is 2.97. The van der Waals surface area contributed by atoms with Gasteiger partial charge in [-0.25, -0.2) is 0 Å². The summed E-state index contributed by atoms with van der Waals surface area (Å²) in [6, 6.07) is 8.27. The normalized spacial score (nSPS) is 11.0. The first kappa shape index (κ1) is 11.5. The summed E-state index contributed by atoms with van der Waals surface area (Å²) in [5, 5.41) is 25.5. The van der Waals surface area contributed by atoms with E-state index in [2.05, 4.69) is 28.7 Å². The molecule has 90 valence electrons. The molecule has 0 atom stereocenters. The molecule has 0 aliphatic heterocycles. The third kappa shape index (κ3) is 2.05. The standard InChI is InChI=1S/C12H11BN2O2S/c16-13(17)11-6-14-15(8-11)7-10-3-1-2-9-4-5-18-12(9)10/h1-6,8,16-17H,7H2. The summed E-state index contributed by atoms with van der Waals surface area (Å²) in [6.45, 7) is 0.630. The van der Waals surface area contributed by atoms with Crippen molar-refractivity contribution in [2.24, 2.45) is 0 Å². The minimum absolute atomic E-state index is 0.411. The van der Waals surface area contributed by atoms with Crippen LogP contribution in [0.4, 0.5) is 0 Å². The van der Waals surface area contributed by atoms with E-state index < -0.39 is 7.12 Å². The molecule has 0 spiro atoms. The predicted molar refractivity (Wildman–Crippen MR) is 73.0 cm³/mol. The number of hydrogen-bond acceptors (Lipinski definition) is 4. The average molecular weight is 258 g/mol. The van der Waals surface area contributed by atoms with Crippen LogP contribution in [0.25, 0.3) is 10.1 Å². The SMILES string of the molecule is OB(O)c1cnn(Cc2cccc3ccsc23)c1. The molecule has 18 heavy (non-hydrogen) atoms. The van der Waals surface area contributed by atoms with E-state index in [1.807, 2.05) is 6.07 Å². The highest BCUT2D eigenvalue weighted by molar-refractivity contribution is 7.17. The van der Waals surface area contributed by atoms with Crippen LogP contribution in [0.5, 0.6) is 0 Å². The predicted octanol–water partition coefficient (Wildman–Crippen LogP) is 0.826. The van der Waals surface area contributed by atoms with Gasteiger partial charge >= 0.3 is 7.12 Å². The van der Waals surface area contributed by atoms with Crippen LogP contribution in [-0.2, 0) is 6.54 Å². The summed E-state index contributed by atoms with van der Waals surface area (Å²) >= 11 is 1.71. The lowest BCUT2D eigenvalue weighted by Crippen LogP contribution is -2.28. The second kappa shape index (κ2) is 4.57. The highest BCUT2D eigenvalue weighted by Gasteiger charge is 2.13. The Labute approximate surface area is 108 Å². The maximum atomic E-state index is 9.05. The molecule has 0 aliphatic rings. The number of thiophene rings is 1. The summed E-state index contributed by atoms with van der Waals surface area (Å²) in [6.07, 6.45) is 3.12. The van der Waals surface area contributed by atoms with Crippen molar-refractivity contribution < 1.29 is 10.0 Å². The van der Waals surface area contributed by atoms with E-state index in [1.165, 1.54) is 21.8 Å². The van der Waals surface area contributed by atoms with Crippen molar-refractivity contribution >= 4 is 34.0 Å². The minimum Gasteiger partial charge on any atom is -0.423 e. The third-order valence-electron chi connectivity index (χ3n) is 2.84. The maximum Gasteiger partial charge on any atom is 0.491 e. The molecule has 2 N–H and O–H groups in total. The highest BCUT2D eigenvalue weighted by atomic mass is 32.1. The van der Waals surface area contributed by atoms with Crippen LogP contribution < -0.4 is 5.46 Å². The fraction of sp³-hybridized carbons (Fsp3) is 0.0833. The van der Waals surface area contributed by atoms with Gasteiger partial charge in [-0.2, -0.15) is 5.10 Å². The van der Waals surface area contributed by atoms with E-state index in [0.717, 1.165) is 0 Å². The fourth-order valence-corrected chi connectivity index (χ4v) is 2.86. The molecule has 4 nitrogen and oxygen atoms in total. The van der Waals surface area contributed by atoms with Crippen molar-refractivity contribution in [3.8, 4) is 0 Å². The fourth-order valence-electron chi connectivity index (χ4n) is 1.95. The Kier molecular flexibility index (Phi) is 2.91. The van der Waals surface area contributed by atoms with Gasteiger partial charge in [-0.1, -0.05) is 18.2 Å². The van der Waals surface area contributed by atoms with E-state index in [9.17, 15) is 0 Å². The van der Waals surface area contributed by atoms with Crippen LogP contribution in [0.2, 0.25) is 0 Å². The second-order valence-corrected chi connectivity index (χ2v) is 5.02. The summed E-state index contributed by atoms with van der Waals surface area (Å²) in [5.41, 5.74) is 1.60. The van der Waals surface area contributed by atoms with E-state index >= 15 is 0 Å². The van der Waals surface area contributed by atoms with Crippen LogP contribution in [0.3, 0.4) is 0 Å². The van der Waals surface area contributed by atoms with Gasteiger partial charge in [-0.05, 0) is 22.4 Å². The lowest BCUT2D eigenvalue weighted by Gasteiger charge is -2.03. The van der Waals surface area contributed by atoms with Gasteiger partial charge in [0.1, 0.15) is 0 Å². The zero-order valence-electron chi connectivity index (χ0n) is 9.52. The smallest absolute Gasteiger partial charge is 0.423 e. The second-order valence-electron chi connectivity index (χ2n) is 4.10. The molecule has 0 aliphatic carbocycles. The largest absolute Gasteiger partial charge is 0.491 e. The topological polar surface area (TPSA) is 58.3 Å². The molecule has 0 unspecified atom stereocenters. The quantitative estimate of drug-likeness (QED) is 0.684. The van der Waals surface area contributed by atoms with Crippen LogP contribution >= 0.6 is 11.3 Å². The molecule has 6 heteroatoms. The van der Waals surface area contributed by atoms with Crippen LogP contribution in [0.15, 0.2) is 42.0 Å². The van der Waals surface area contributed by atoms with Crippen LogP contribution in [-0.4, -0.2) is 26.9 Å². The van der Waals surface area contributed by atoms with Crippen molar-refractivity contribution in [2.45, 2.75) is 6.54 Å². The monoisotopic (exact) mass is 258 g/mol. The van der Waals surface area contributed by atoms with Crippen LogP contribution in [0, 0.1) is 0 Å². The third-order valence-corrected chi connectivity index (χ3v) is 3.85. The van der Waals surface area contributed by atoms with Gasteiger partial charge in [0.25, 0.3) is 0 Å². The molecule has 0 radical (unpaired) electrons. The van der Waals surface area contributed by atoms with Crippen molar-refractivity contribution in [1.82, 2.24) is 9.78 Å². The highest BCUT2D eigenvalue weighted by Crippen LogP contribution is 2.24. The number of rotatable bonds is 3. The molecule has 2 heterocycles. The first-order valence-electron chi connectivity index (χ1n) is 5.57. The molecule has 0 saturated carbocycles. The Bertz CT molecular complexity index is 677. The van der Waals surface area contributed by atoms with Gasteiger partial charge in [0, 0.05) is 22.6 Å². The van der Waals surface area contributed by atoms with Gasteiger partial charge in [-0.3, -0.25) is 4.68 Å². The molecule has 0 saturated heterocycles. The molecule has 0 amide bonds. The maximum absolute atomic E-state index is 9.05. The molecule has 0 fully saturated rings. The summed E-state index contributed by atoms with van der Waals surface area (Å²) in [5.74, 6) is 0. The minimum atomic E-state index is -1.46. The van der Waals surface area contributed by atoms with Gasteiger partial charge < -0.3 is 10.0 Å². The number of fused-ring (bicyclic) bond motifs is 1. The Balaban J connectivity index is 1.93. The molecular formula is C12H11BN2O2S. The number of benzene rings is 1. The summed E-state index contributed by atoms with van der Waals surface area (Å²) in [4.78, 5) is 0. The van der Waals surface area contributed by atoms with Crippen molar-refractivity contribution in [3.05, 3.63) is 47.6 Å². The van der Waals surface area contributed by atoms with Crippen molar-refractivity contribution in [2.75, 3.05) is 0 Å². The molecule has 0 bridgehead atoms. The molecule has 3 rings (SSSR count). The van der Waals surface area contributed by atoms with Crippen molar-refractivity contribution in [3.63, 3.8) is 0 Å². The van der Waals surface area contributed by atoms with E-state index in [1.54, 1.807) is 22.2 Å². The molecule has 3 aromatic rings. The van der Waals surface area contributed by atoms with Gasteiger partial charge in [-0.15, -0.1) is 11.3 Å². The van der Waals surface area contributed by atoms with Crippen molar-refractivity contribution in [1.29, 1.82) is 0 Å². The lowest BCUT2D eigenvalue weighted by molar-refractivity contribution is 0.425. The first-order valence-corrected chi connectivity index (χ1v) is 6.45. The summed E-state index contributed by atoms with van der Waals surface area (Å²) < 4.78 is 2.96. The Morgan fingerprint density at radius 2 is 2.17 bits per heavy atom. The number of aromatic nitrogens is 2. The zero-order chi connectivity index (χ0) is 12.5. The van der Waals surface area contributed by atoms with Gasteiger partial charge in [0.05, 0.1) is 6.54 Å². The van der Waals surface area contributed by atoms with E-state index in [4.69, 9.17) is 10.0 Å². The molecule has 1 aromatic carbocycles. The number of hydrogen-bond donors (Lipinski definition) is 2. The molecule has 2 aromatic heterocycles. The van der Waals surface area contributed by atoms with Gasteiger partial charge in [0.2, 0.25) is 0 Å². The zero-order valence-corrected chi connectivity index (χ0v) is 10.3. The van der Waals surface area contributed by atoms with E-state index in [-0.39, 0.29) is 0 Å². The molecular weight excluding hydrogens is 247 g/mol. The van der Waals surface area contributed by atoms with Gasteiger partial charge in [0.15, 0.2) is 0 Å². The van der Waals surface area contributed by atoms with E-state index in [0.29, 0.717) is 12.0 Å². The first-order chi connectivity index (χ1) is 8.74. The lowest BCUT2D eigenvalue weighted by atomic mass is 9.83. The summed E-state index contributed by atoms with van der Waals surface area (Å²) in [7, 11) is -1.46.